The summed E-state index contributed by atoms with van der Waals surface area (Å²) in [4.78, 5) is 0. The van der Waals surface area contributed by atoms with Crippen LogP contribution in [0.3, 0.4) is 0 Å². The fourth-order valence-corrected chi connectivity index (χ4v) is 0.413. The summed E-state index contributed by atoms with van der Waals surface area (Å²) in [5, 5.41) is 7.34. The van der Waals surface area contributed by atoms with Gasteiger partial charge in [-0.05, 0) is 25.5 Å². The Morgan fingerprint density at radius 1 is 1.50 bits per heavy atom. The minimum atomic E-state index is 0.976. The van der Waals surface area contributed by atoms with Crippen molar-refractivity contribution in [2.24, 2.45) is 0 Å². The summed E-state index contributed by atoms with van der Waals surface area (Å²) >= 11 is 0. The molecular weight excluding hydrogens is 100 g/mol. The van der Waals surface area contributed by atoms with E-state index in [1.54, 1.807) is 0 Å². The van der Waals surface area contributed by atoms with E-state index in [2.05, 4.69) is 16.4 Å². The second-order valence-electron chi connectivity index (χ2n) is 1.74. The average Bonchev–Trinajstić information content (AvgIpc) is 1.77. The molecule has 0 fully saturated rings. The Labute approximate surface area is 48.6 Å². The number of aryl methyl sites for hydroxylation is 2. The SMILES string of the molecule is Cc1c[c]nnc1C. The van der Waals surface area contributed by atoms with E-state index >= 15 is 0 Å². The lowest BCUT2D eigenvalue weighted by molar-refractivity contribution is 0.954. The van der Waals surface area contributed by atoms with E-state index in [1.165, 1.54) is 0 Å². The van der Waals surface area contributed by atoms with Crippen molar-refractivity contribution in [3.8, 4) is 0 Å². The van der Waals surface area contributed by atoms with E-state index in [4.69, 9.17) is 0 Å². The van der Waals surface area contributed by atoms with Crippen molar-refractivity contribution < 1.29 is 0 Å². The topological polar surface area (TPSA) is 25.8 Å². The van der Waals surface area contributed by atoms with Gasteiger partial charge in [-0.25, -0.2) is 0 Å². The molecule has 1 aromatic heterocycles. The van der Waals surface area contributed by atoms with Crippen LogP contribution in [0.5, 0.6) is 0 Å². The Hall–Kier alpha value is -0.920. The summed E-state index contributed by atoms with van der Waals surface area (Å²) in [6, 6.07) is 1.82. The van der Waals surface area contributed by atoms with E-state index in [0.717, 1.165) is 11.3 Å². The maximum Gasteiger partial charge on any atom is 0.114 e. The molecule has 0 amide bonds. The Bertz CT molecular complexity index is 163. The predicted octanol–water partition coefficient (Wildman–Crippen LogP) is 0.894. The molecule has 41 valence electrons. The normalized spacial score (nSPS) is 9.25. The Morgan fingerprint density at radius 2 is 2.25 bits per heavy atom. The molecule has 0 spiro atoms. The highest BCUT2D eigenvalue weighted by Gasteiger charge is 1.87. The van der Waals surface area contributed by atoms with Crippen LogP contribution in [-0.4, -0.2) is 10.2 Å². The molecule has 2 heteroatoms. The first-order valence-electron chi connectivity index (χ1n) is 2.47. The molecule has 0 aliphatic rings. The molecule has 0 saturated heterocycles. The first-order valence-corrected chi connectivity index (χ1v) is 2.47. The van der Waals surface area contributed by atoms with Crippen LogP contribution in [0.4, 0.5) is 0 Å². The minimum absolute atomic E-state index is 0.976. The molecule has 1 radical (unpaired) electrons. The van der Waals surface area contributed by atoms with Crippen LogP contribution in [0.1, 0.15) is 11.3 Å². The van der Waals surface area contributed by atoms with Crippen LogP contribution in [0.2, 0.25) is 0 Å². The maximum atomic E-state index is 3.77. The van der Waals surface area contributed by atoms with Gasteiger partial charge in [0.05, 0.1) is 5.69 Å². The van der Waals surface area contributed by atoms with Crippen molar-refractivity contribution in [1.82, 2.24) is 10.2 Å². The van der Waals surface area contributed by atoms with Crippen molar-refractivity contribution in [3.05, 3.63) is 23.5 Å². The van der Waals surface area contributed by atoms with Crippen molar-refractivity contribution >= 4 is 0 Å². The number of aromatic nitrogens is 2. The van der Waals surface area contributed by atoms with Gasteiger partial charge >= 0.3 is 0 Å². The third-order valence-electron chi connectivity index (χ3n) is 1.11. The van der Waals surface area contributed by atoms with Crippen LogP contribution in [0.25, 0.3) is 0 Å². The molecule has 1 heterocycles. The molecule has 0 atom stereocenters. The summed E-state index contributed by atoms with van der Waals surface area (Å²) in [7, 11) is 0. The molecule has 0 aromatic carbocycles. The van der Waals surface area contributed by atoms with Crippen LogP contribution in [0.15, 0.2) is 6.07 Å². The zero-order valence-corrected chi connectivity index (χ0v) is 4.97. The molecule has 0 unspecified atom stereocenters. The van der Waals surface area contributed by atoms with Gasteiger partial charge in [0.15, 0.2) is 0 Å². The molecule has 8 heavy (non-hydrogen) atoms. The molecular formula is C6H7N2. The fraction of sp³-hybridized carbons (Fsp3) is 0.333. The molecule has 0 aliphatic heterocycles. The molecule has 0 N–H and O–H groups in total. The lowest BCUT2D eigenvalue weighted by Gasteiger charge is -1.90. The Kier molecular flexibility index (Phi) is 1.24. The average molecular weight is 107 g/mol. The van der Waals surface area contributed by atoms with Crippen molar-refractivity contribution in [2.45, 2.75) is 13.8 Å². The van der Waals surface area contributed by atoms with Gasteiger partial charge in [0.2, 0.25) is 0 Å². The number of nitrogens with zero attached hydrogens (tertiary/aromatic N) is 2. The van der Waals surface area contributed by atoms with Gasteiger partial charge in [0.25, 0.3) is 0 Å². The van der Waals surface area contributed by atoms with Gasteiger partial charge in [0.1, 0.15) is 6.20 Å². The summed E-state index contributed by atoms with van der Waals surface area (Å²) in [5.41, 5.74) is 2.11. The van der Waals surface area contributed by atoms with E-state index in [1.807, 2.05) is 19.9 Å². The van der Waals surface area contributed by atoms with Gasteiger partial charge in [-0.3, -0.25) is 0 Å². The van der Waals surface area contributed by atoms with Crippen molar-refractivity contribution in [1.29, 1.82) is 0 Å². The molecule has 2 nitrogen and oxygen atoms in total. The Balaban J connectivity index is 3.13. The molecule has 1 aromatic rings. The fourth-order valence-electron chi connectivity index (χ4n) is 0.413. The van der Waals surface area contributed by atoms with Gasteiger partial charge in [0, 0.05) is 0 Å². The zero-order chi connectivity index (χ0) is 5.98. The summed E-state index contributed by atoms with van der Waals surface area (Å²) in [6.45, 7) is 3.91. The molecule has 0 saturated carbocycles. The highest BCUT2D eigenvalue weighted by molar-refractivity contribution is 5.11. The lowest BCUT2D eigenvalue weighted by atomic mass is 10.3. The van der Waals surface area contributed by atoms with Crippen molar-refractivity contribution in [3.63, 3.8) is 0 Å². The zero-order valence-electron chi connectivity index (χ0n) is 4.97. The van der Waals surface area contributed by atoms with Gasteiger partial charge in [-0.1, -0.05) is 0 Å². The first-order chi connectivity index (χ1) is 3.80. The van der Waals surface area contributed by atoms with Crippen LogP contribution < -0.4 is 0 Å². The molecule has 1 rings (SSSR count). The monoisotopic (exact) mass is 107 g/mol. The predicted molar refractivity (Wildman–Crippen MR) is 30.3 cm³/mol. The van der Waals surface area contributed by atoms with Crippen molar-refractivity contribution in [2.75, 3.05) is 0 Å². The second kappa shape index (κ2) is 1.90. The van der Waals surface area contributed by atoms with Crippen LogP contribution >= 0.6 is 0 Å². The molecule has 0 aliphatic carbocycles. The number of hydrogen-bond acceptors (Lipinski definition) is 2. The van der Waals surface area contributed by atoms with Gasteiger partial charge in [-0.2, -0.15) is 5.10 Å². The van der Waals surface area contributed by atoms with Gasteiger partial charge in [-0.15, -0.1) is 5.10 Å². The minimum Gasteiger partial charge on any atom is -0.155 e. The highest BCUT2D eigenvalue weighted by atomic mass is 15.1. The van der Waals surface area contributed by atoms with Crippen LogP contribution in [0, 0.1) is 20.0 Å². The van der Waals surface area contributed by atoms with E-state index in [9.17, 15) is 0 Å². The second-order valence-corrected chi connectivity index (χ2v) is 1.74. The highest BCUT2D eigenvalue weighted by Crippen LogP contribution is 1.95. The largest absolute Gasteiger partial charge is 0.155 e. The first kappa shape index (κ1) is 5.22. The third-order valence-corrected chi connectivity index (χ3v) is 1.11. The van der Waals surface area contributed by atoms with E-state index in [-0.39, 0.29) is 0 Å². The number of rotatable bonds is 0. The summed E-state index contributed by atoms with van der Waals surface area (Å²) in [5.74, 6) is 0. The summed E-state index contributed by atoms with van der Waals surface area (Å²) < 4.78 is 0. The smallest absolute Gasteiger partial charge is 0.114 e. The Morgan fingerprint density at radius 3 is 2.62 bits per heavy atom. The van der Waals surface area contributed by atoms with Gasteiger partial charge < -0.3 is 0 Å². The molecule has 0 bridgehead atoms. The quantitative estimate of drug-likeness (QED) is 0.492. The third kappa shape index (κ3) is 0.832. The van der Waals surface area contributed by atoms with E-state index in [0.29, 0.717) is 0 Å². The lowest BCUT2D eigenvalue weighted by Crippen LogP contribution is -1.87. The maximum absolute atomic E-state index is 3.77. The number of hydrogen-bond donors (Lipinski definition) is 0. The van der Waals surface area contributed by atoms with E-state index < -0.39 is 0 Å². The summed E-state index contributed by atoms with van der Waals surface area (Å²) in [6.07, 6.45) is 2.64. The standard InChI is InChI=1S/C6H7N2/c1-5-3-4-7-8-6(5)2/h3H,1-2H3. The van der Waals surface area contributed by atoms with Crippen LogP contribution in [-0.2, 0) is 0 Å².